The third-order valence-corrected chi connectivity index (χ3v) is 5.34. The van der Waals surface area contributed by atoms with Crippen molar-refractivity contribution in [3.63, 3.8) is 0 Å². The van der Waals surface area contributed by atoms with Gasteiger partial charge < -0.3 is 19.7 Å². The number of aliphatic hydroxyl groups is 1. The molecule has 0 aliphatic carbocycles. The molecule has 2 N–H and O–H groups in total. The Hall–Kier alpha value is -1.54. The zero-order valence-electron chi connectivity index (χ0n) is 14.4. The molecule has 1 aliphatic heterocycles. The van der Waals surface area contributed by atoms with Gasteiger partial charge in [-0.15, -0.1) is 0 Å². The third-order valence-electron chi connectivity index (χ3n) is 4.10. The van der Waals surface area contributed by atoms with Crippen LogP contribution in [0.5, 0.6) is 0 Å². The van der Waals surface area contributed by atoms with E-state index in [2.05, 4.69) is 10.3 Å². The molecule has 1 amide bonds. The maximum atomic E-state index is 12.1. The summed E-state index contributed by atoms with van der Waals surface area (Å²) in [6.45, 7) is 1.80. The summed E-state index contributed by atoms with van der Waals surface area (Å²) < 4.78 is 7.44. The van der Waals surface area contributed by atoms with Crippen LogP contribution in [0.15, 0.2) is 35.6 Å². The first-order valence-corrected chi connectivity index (χ1v) is 9.93. The van der Waals surface area contributed by atoms with Crippen molar-refractivity contribution in [3.05, 3.63) is 46.7 Å². The second-order valence-electron chi connectivity index (χ2n) is 6.16. The monoisotopic (exact) mass is 395 g/mol. The van der Waals surface area contributed by atoms with Crippen molar-refractivity contribution >= 4 is 29.3 Å². The molecule has 0 saturated carbocycles. The van der Waals surface area contributed by atoms with Gasteiger partial charge in [-0.25, -0.2) is 4.98 Å². The average molecular weight is 396 g/mol. The van der Waals surface area contributed by atoms with Crippen molar-refractivity contribution in [1.29, 1.82) is 0 Å². The summed E-state index contributed by atoms with van der Waals surface area (Å²) in [7, 11) is 0. The Labute approximate surface area is 161 Å². The van der Waals surface area contributed by atoms with Gasteiger partial charge in [0.1, 0.15) is 0 Å². The summed E-state index contributed by atoms with van der Waals surface area (Å²) in [6, 6.07) is 7.58. The van der Waals surface area contributed by atoms with E-state index < -0.39 is 0 Å². The Balaban J connectivity index is 1.56. The van der Waals surface area contributed by atoms with Crippen LogP contribution in [0, 0.1) is 0 Å². The highest BCUT2D eigenvalue weighted by atomic mass is 35.5. The molecule has 0 spiro atoms. The van der Waals surface area contributed by atoms with Gasteiger partial charge in [-0.05, 0) is 30.5 Å². The van der Waals surface area contributed by atoms with Crippen molar-refractivity contribution in [3.8, 4) is 0 Å². The van der Waals surface area contributed by atoms with Gasteiger partial charge in [-0.3, -0.25) is 4.79 Å². The second kappa shape index (κ2) is 9.41. The van der Waals surface area contributed by atoms with Gasteiger partial charge in [0.05, 0.1) is 24.2 Å². The molecule has 1 aromatic heterocycles. The highest BCUT2D eigenvalue weighted by Gasteiger charge is 2.17. The first kappa shape index (κ1) is 19.2. The van der Waals surface area contributed by atoms with Crippen LogP contribution in [0.1, 0.15) is 24.1 Å². The van der Waals surface area contributed by atoms with E-state index in [0.29, 0.717) is 29.0 Å². The predicted octanol–water partition coefficient (Wildman–Crippen LogP) is 2.46. The highest BCUT2D eigenvalue weighted by Crippen LogP contribution is 2.20. The lowest BCUT2D eigenvalue weighted by atomic mass is 10.2. The van der Waals surface area contributed by atoms with Crippen molar-refractivity contribution in [2.24, 2.45) is 0 Å². The minimum Gasteiger partial charge on any atom is -0.390 e. The fourth-order valence-electron chi connectivity index (χ4n) is 2.76. The molecule has 2 heterocycles. The molecule has 6 nitrogen and oxygen atoms in total. The Morgan fingerprint density at radius 1 is 1.42 bits per heavy atom. The van der Waals surface area contributed by atoms with Crippen LogP contribution in [0.25, 0.3) is 0 Å². The van der Waals surface area contributed by atoms with Crippen molar-refractivity contribution in [1.82, 2.24) is 14.9 Å². The number of hydrogen-bond acceptors (Lipinski definition) is 5. The molecule has 0 unspecified atom stereocenters. The minimum absolute atomic E-state index is 0.0444. The van der Waals surface area contributed by atoms with Crippen LogP contribution in [-0.4, -0.2) is 45.6 Å². The van der Waals surface area contributed by atoms with Crippen LogP contribution in [-0.2, 0) is 22.7 Å². The zero-order valence-corrected chi connectivity index (χ0v) is 15.9. The van der Waals surface area contributed by atoms with Gasteiger partial charge in [0.15, 0.2) is 5.16 Å². The second-order valence-corrected chi connectivity index (χ2v) is 7.53. The van der Waals surface area contributed by atoms with E-state index in [1.165, 1.54) is 11.8 Å². The number of nitrogens with zero attached hydrogens (tertiary/aromatic N) is 2. The van der Waals surface area contributed by atoms with E-state index in [1.807, 2.05) is 28.8 Å². The molecule has 1 aliphatic rings. The molecule has 8 heteroatoms. The van der Waals surface area contributed by atoms with Gasteiger partial charge in [0.2, 0.25) is 5.91 Å². The molecule has 1 atom stereocenters. The maximum absolute atomic E-state index is 12.1. The van der Waals surface area contributed by atoms with Gasteiger partial charge in [-0.2, -0.15) is 0 Å². The lowest BCUT2D eigenvalue weighted by molar-refractivity contribution is -0.119. The maximum Gasteiger partial charge on any atom is 0.230 e. The Bertz CT molecular complexity index is 730. The smallest absolute Gasteiger partial charge is 0.230 e. The molecule has 1 aromatic carbocycles. The largest absolute Gasteiger partial charge is 0.390 e. The molecule has 0 bridgehead atoms. The Kier molecular flexibility index (Phi) is 6.96. The number of rotatable bonds is 8. The van der Waals surface area contributed by atoms with E-state index in [0.717, 1.165) is 25.0 Å². The fourth-order valence-corrected chi connectivity index (χ4v) is 3.71. The lowest BCUT2D eigenvalue weighted by Gasteiger charge is -2.11. The normalized spacial score (nSPS) is 16.8. The van der Waals surface area contributed by atoms with Gasteiger partial charge in [0, 0.05) is 30.9 Å². The number of aromatic nitrogens is 2. The number of halogens is 1. The standard InChI is InChI=1S/C18H22ClN3O3S/c19-14-5-3-13(4-6-14)9-22-10-15(11-23)21-18(22)26-12-17(24)20-8-16-2-1-7-25-16/h3-6,10,16,23H,1-2,7-9,11-12H2,(H,20,24)/t16-/m0/s1. The van der Waals surface area contributed by atoms with Crippen LogP contribution < -0.4 is 5.32 Å². The molecule has 3 rings (SSSR count). The number of amides is 1. The van der Waals surface area contributed by atoms with E-state index >= 15 is 0 Å². The molecular formula is C18H22ClN3O3S. The molecule has 140 valence electrons. The number of aliphatic hydroxyl groups excluding tert-OH is 1. The summed E-state index contributed by atoms with van der Waals surface area (Å²) >= 11 is 7.28. The number of ether oxygens (including phenoxy) is 1. The molecule has 1 fully saturated rings. The van der Waals surface area contributed by atoms with E-state index in [-0.39, 0.29) is 24.4 Å². The first-order chi connectivity index (χ1) is 12.6. The SMILES string of the molecule is O=C(CSc1nc(CO)cn1Cc1ccc(Cl)cc1)NC[C@@H]1CCCO1. The number of thioether (sulfide) groups is 1. The van der Waals surface area contributed by atoms with Gasteiger partial charge >= 0.3 is 0 Å². The summed E-state index contributed by atoms with van der Waals surface area (Å²) in [5.74, 6) is 0.229. The average Bonchev–Trinajstić information content (AvgIpc) is 3.30. The molecule has 1 saturated heterocycles. The van der Waals surface area contributed by atoms with Crippen molar-refractivity contribution < 1.29 is 14.6 Å². The summed E-state index contributed by atoms with van der Waals surface area (Å²) in [5, 5.41) is 13.7. The minimum atomic E-state index is -0.133. The molecule has 26 heavy (non-hydrogen) atoms. The number of carbonyl (C=O) groups is 1. The van der Waals surface area contributed by atoms with Crippen LogP contribution >= 0.6 is 23.4 Å². The third kappa shape index (κ3) is 5.48. The van der Waals surface area contributed by atoms with Crippen LogP contribution in [0.3, 0.4) is 0 Å². The van der Waals surface area contributed by atoms with E-state index in [4.69, 9.17) is 16.3 Å². The lowest BCUT2D eigenvalue weighted by Crippen LogP contribution is -2.32. The number of benzene rings is 1. The van der Waals surface area contributed by atoms with Gasteiger partial charge in [0.25, 0.3) is 0 Å². The van der Waals surface area contributed by atoms with E-state index in [1.54, 1.807) is 6.20 Å². The van der Waals surface area contributed by atoms with Crippen molar-refractivity contribution in [2.45, 2.75) is 37.3 Å². The Morgan fingerprint density at radius 2 is 2.23 bits per heavy atom. The number of hydrogen-bond donors (Lipinski definition) is 2. The fraction of sp³-hybridized carbons (Fsp3) is 0.444. The van der Waals surface area contributed by atoms with Crippen LogP contribution in [0.4, 0.5) is 0 Å². The Morgan fingerprint density at radius 3 is 2.92 bits per heavy atom. The van der Waals surface area contributed by atoms with Crippen molar-refractivity contribution in [2.75, 3.05) is 18.9 Å². The summed E-state index contributed by atoms with van der Waals surface area (Å²) in [4.78, 5) is 16.5. The number of nitrogens with one attached hydrogen (secondary N) is 1. The van der Waals surface area contributed by atoms with E-state index in [9.17, 15) is 9.90 Å². The number of imidazole rings is 1. The highest BCUT2D eigenvalue weighted by molar-refractivity contribution is 7.99. The summed E-state index contributed by atoms with van der Waals surface area (Å²) in [5.41, 5.74) is 1.65. The first-order valence-electron chi connectivity index (χ1n) is 8.56. The quantitative estimate of drug-likeness (QED) is 0.671. The molecule has 2 aromatic rings. The molecule has 0 radical (unpaired) electrons. The zero-order chi connectivity index (χ0) is 18.4. The molecular weight excluding hydrogens is 374 g/mol. The predicted molar refractivity (Wildman–Crippen MR) is 101 cm³/mol. The summed E-state index contributed by atoms with van der Waals surface area (Å²) in [6.07, 6.45) is 4.00. The van der Waals surface area contributed by atoms with Crippen LogP contribution in [0.2, 0.25) is 5.02 Å². The number of carbonyl (C=O) groups excluding carboxylic acids is 1. The van der Waals surface area contributed by atoms with Gasteiger partial charge in [-0.1, -0.05) is 35.5 Å². The topological polar surface area (TPSA) is 76.4 Å².